The van der Waals surface area contributed by atoms with Gasteiger partial charge >= 0.3 is 0 Å². The summed E-state index contributed by atoms with van der Waals surface area (Å²) in [4.78, 5) is 22.9. The van der Waals surface area contributed by atoms with E-state index < -0.39 is 4.92 Å². The second-order valence-electron chi connectivity index (χ2n) is 5.91. The van der Waals surface area contributed by atoms with Crippen molar-refractivity contribution in [3.05, 3.63) is 69.9 Å². The van der Waals surface area contributed by atoms with Crippen LogP contribution in [0.15, 0.2) is 58.5 Å². The molecule has 0 saturated carbocycles. The highest BCUT2D eigenvalue weighted by Gasteiger charge is 2.10. The maximum atomic E-state index is 12.0. The van der Waals surface area contributed by atoms with Crippen molar-refractivity contribution in [1.29, 1.82) is 0 Å². The summed E-state index contributed by atoms with van der Waals surface area (Å²) < 4.78 is 2.09. The third-order valence-electron chi connectivity index (χ3n) is 4.25. The molecule has 7 nitrogen and oxygen atoms in total. The number of carbonyl (C=O) groups is 1. The van der Waals surface area contributed by atoms with Crippen LogP contribution in [0.1, 0.15) is 11.3 Å². The Morgan fingerprint density at radius 2 is 1.96 bits per heavy atom. The van der Waals surface area contributed by atoms with E-state index in [0.29, 0.717) is 0 Å². The van der Waals surface area contributed by atoms with E-state index in [9.17, 15) is 14.9 Å². The predicted molar refractivity (Wildman–Crippen MR) is 107 cm³/mol. The fraction of sp³-hybridized carbons (Fsp3) is 0.158. The number of non-ortho nitro benzene ring substituents is 1. The number of thioether (sulfide) groups is 1. The van der Waals surface area contributed by atoms with Gasteiger partial charge in [-0.2, -0.15) is 5.10 Å². The van der Waals surface area contributed by atoms with Crippen LogP contribution in [0.25, 0.3) is 10.9 Å². The van der Waals surface area contributed by atoms with Crippen molar-refractivity contribution in [3.8, 4) is 0 Å². The third-order valence-corrected chi connectivity index (χ3v) is 5.26. The summed E-state index contributed by atoms with van der Waals surface area (Å²) in [7, 11) is 1.99. The lowest BCUT2D eigenvalue weighted by atomic mass is 10.1. The summed E-state index contributed by atoms with van der Waals surface area (Å²) in [6, 6.07) is 14.1. The van der Waals surface area contributed by atoms with Crippen LogP contribution >= 0.6 is 11.8 Å². The van der Waals surface area contributed by atoms with Crippen LogP contribution in [-0.2, 0) is 11.8 Å². The standard InChI is InChI=1S/C19H18N4O3S/c1-13-17(16-5-3-4-6-18(16)22(13)2)11-20-21-19(24)12-27-15-9-7-14(8-10-15)23(25)26/h3-11H,12H2,1-2H3,(H,21,24)/b20-11+. The van der Waals surface area contributed by atoms with Gasteiger partial charge in [0, 0.05) is 46.2 Å². The van der Waals surface area contributed by atoms with E-state index in [0.717, 1.165) is 27.1 Å². The molecule has 0 saturated heterocycles. The van der Waals surface area contributed by atoms with Gasteiger partial charge in [-0.25, -0.2) is 5.43 Å². The predicted octanol–water partition coefficient (Wildman–Crippen LogP) is 3.64. The van der Waals surface area contributed by atoms with Crippen LogP contribution < -0.4 is 5.43 Å². The molecule has 0 aliphatic heterocycles. The molecule has 3 aromatic rings. The van der Waals surface area contributed by atoms with E-state index in [-0.39, 0.29) is 17.3 Å². The zero-order valence-corrected chi connectivity index (χ0v) is 15.7. The number of carbonyl (C=O) groups excluding carboxylic acids is 1. The Labute approximate surface area is 160 Å². The first-order valence-corrected chi connectivity index (χ1v) is 9.19. The lowest BCUT2D eigenvalue weighted by Gasteiger charge is -2.01. The molecule has 0 spiro atoms. The number of aryl methyl sites for hydroxylation is 1. The summed E-state index contributed by atoms with van der Waals surface area (Å²) in [6.45, 7) is 2.01. The van der Waals surface area contributed by atoms with E-state index in [1.165, 1.54) is 23.9 Å². The van der Waals surface area contributed by atoms with Crippen molar-refractivity contribution in [2.45, 2.75) is 11.8 Å². The van der Waals surface area contributed by atoms with E-state index in [2.05, 4.69) is 15.1 Å². The summed E-state index contributed by atoms with van der Waals surface area (Å²) in [5.41, 5.74) is 5.69. The third kappa shape index (κ3) is 4.17. The number of para-hydroxylation sites is 1. The first-order valence-electron chi connectivity index (χ1n) is 8.20. The number of fused-ring (bicyclic) bond motifs is 1. The number of rotatable bonds is 6. The van der Waals surface area contributed by atoms with Crippen LogP contribution in [-0.4, -0.2) is 27.4 Å². The molecule has 27 heavy (non-hydrogen) atoms. The summed E-state index contributed by atoms with van der Waals surface area (Å²) in [6.07, 6.45) is 1.66. The number of hydrogen-bond donors (Lipinski definition) is 1. The number of benzene rings is 2. The summed E-state index contributed by atoms with van der Waals surface area (Å²) in [5.74, 6) is -0.0728. The topological polar surface area (TPSA) is 89.5 Å². The number of nitrogens with zero attached hydrogens (tertiary/aromatic N) is 3. The van der Waals surface area contributed by atoms with Crippen LogP contribution in [0.2, 0.25) is 0 Å². The first-order chi connectivity index (χ1) is 13.0. The number of aromatic nitrogens is 1. The molecule has 8 heteroatoms. The van der Waals surface area contributed by atoms with Crippen molar-refractivity contribution in [3.63, 3.8) is 0 Å². The average Bonchev–Trinajstić information content (AvgIpc) is 2.92. The molecule has 0 atom stereocenters. The second kappa shape index (κ2) is 8.05. The van der Waals surface area contributed by atoms with Gasteiger partial charge < -0.3 is 4.57 Å². The van der Waals surface area contributed by atoms with Crippen molar-refractivity contribution in [2.24, 2.45) is 12.1 Å². The normalized spacial score (nSPS) is 11.2. The molecule has 1 N–H and O–H groups in total. The minimum Gasteiger partial charge on any atom is -0.347 e. The number of nitro groups is 1. The number of nitrogens with one attached hydrogen (secondary N) is 1. The van der Waals surface area contributed by atoms with E-state index in [1.807, 2.05) is 38.2 Å². The van der Waals surface area contributed by atoms with E-state index >= 15 is 0 Å². The van der Waals surface area contributed by atoms with Crippen molar-refractivity contribution in [2.75, 3.05) is 5.75 Å². The number of nitro benzene ring substituents is 1. The van der Waals surface area contributed by atoms with Gasteiger partial charge in [0.05, 0.1) is 16.9 Å². The molecule has 0 bridgehead atoms. The molecule has 0 fully saturated rings. The molecular weight excluding hydrogens is 364 g/mol. The summed E-state index contributed by atoms with van der Waals surface area (Å²) >= 11 is 1.29. The molecule has 138 valence electrons. The largest absolute Gasteiger partial charge is 0.347 e. The maximum absolute atomic E-state index is 12.0. The van der Waals surface area contributed by atoms with E-state index in [4.69, 9.17) is 0 Å². The smallest absolute Gasteiger partial charge is 0.269 e. The monoisotopic (exact) mass is 382 g/mol. The Hall–Kier alpha value is -3.13. The molecule has 1 heterocycles. The Kier molecular flexibility index (Phi) is 5.56. The molecule has 0 unspecified atom stereocenters. The quantitative estimate of drug-likeness (QED) is 0.305. The van der Waals surface area contributed by atoms with Crippen LogP contribution in [0.4, 0.5) is 5.69 Å². The van der Waals surface area contributed by atoms with Crippen molar-refractivity contribution in [1.82, 2.24) is 9.99 Å². The second-order valence-corrected chi connectivity index (χ2v) is 6.96. The first kappa shape index (κ1) is 18.7. The fourth-order valence-corrected chi connectivity index (χ4v) is 3.42. The lowest BCUT2D eigenvalue weighted by molar-refractivity contribution is -0.384. The van der Waals surface area contributed by atoms with Crippen LogP contribution in [0.5, 0.6) is 0 Å². The molecule has 1 aromatic heterocycles. The fourth-order valence-electron chi connectivity index (χ4n) is 2.73. The van der Waals surface area contributed by atoms with Crippen LogP contribution in [0.3, 0.4) is 0 Å². The number of amides is 1. The Bertz CT molecular complexity index is 1030. The maximum Gasteiger partial charge on any atom is 0.269 e. The van der Waals surface area contributed by atoms with Gasteiger partial charge in [-0.15, -0.1) is 11.8 Å². The van der Waals surface area contributed by atoms with Crippen LogP contribution in [0, 0.1) is 17.0 Å². The highest BCUT2D eigenvalue weighted by atomic mass is 32.2. The van der Waals surface area contributed by atoms with Gasteiger partial charge in [0.25, 0.3) is 5.69 Å². The average molecular weight is 382 g/mol. The highest BCUT2D eigenvalue weighted by molar-refractivity contribution is 8.00. The lowest BCUT2D eigenvalue weighted by Crippen LogP contribution is -2.19. The zero-order valence-electron chi connectivity index (χ0n) is 14.9. The molecule has 2 aromatic carbocycles. The molecule has 0 aliphatic carbocycles. The van der Waals surface area contributed by atoms with Gasteiger partial charge in [0.2, 0.25) is 5.91 Å². The van der Waals surface area contributed by atoms with Gasteiger partial charge in [0.1, 0.15) is 0 Å². The van der Waals surface area contributed by atoms with Gasteiger partial charge in [0.15, 0.2) is 0 Å². The van der Waals surface area contributed by atoms with Crippen molar-refractivity contribution < 1.29 is 9.72 Å². The van der Waals surface area contributed by atoms with Gasteiger partial charge in [-0.1, -0.05) is 18.2 Å². The minimum atomic E-state index is -0.453. The van der Waals surface area contributed by atoms with E-state index in [1.54, 1.807) is 18.3 Å². The highest BCUT2D eigenvalue weighted by Crippen LogP contribution is 2.23. The zero-order chi connectivity index (χ0) is 19.4. The van der Waals surface area contributed by atoms with Gasteiger partial charge in [-0.3, -0.25) is 14.9 Å². The minimum absolute atomic E-state index is 0.0267. The molecule has 0 aliphatic rings. The molecule has 1 amide bonds. The SMILES string of the molecule is Cc1c(/C=N/NC(=O)CSc2ccc([N+](=O)[O-])cc2)c2ccccc2n1C. The van der Waals surface area contributed by atoms with Gasteiger partial charge in [-0.05, 0) is 25.1 Å². The Morgan fingerprint density at radius 1 is 1.26 bits per heavy atom. The number of hydrogen-bond acceptors (Lipinski definition) is 5. The van der Waals surface area contributed by atoms with Crippen molar-refractivity contribution >= 4 is 40.5 Å². The Morgan fingerprint density at radius 3 is 2.67 bits per heavy atom. The Balaban J connectivity index is 1.59. The number of hydrazone groups is 1. The molecule has 3 rings (SSSR count). The molecule has 0 radical (unpaired) electrons. The summed E-state index contributed by atoms with van der Waals surface area (Å²) in [5, 5.41) is 15.8. The molecular formula is C19H18N4O3S.